The van der Waals surface area contributed by atoms with Gasteiger partial charge in [0.05, 0.1) is 6.04 Å². The van der Waals surface area contributed by atoms with E-state index in [1.54, 1.807) is 4.90 Å². The lowest BCUT2D eigenvalue weighted by Crippen LogP contribution is -2.63. The molecule has 0 aromatic heterocycles. The van der Waals surface area contributed by atoms with E-state index in [0.717, 1.165) is 0 Å². The summed E-state index contributed by atoms with van der Waals surface area (Å²) in [6.07, 6.45) is -0.295. The summed E-state index contributed by atoms with van der Waals surface area (Å²) in [6.45, 7) is 11.0. The van der Waals surface area contributed by atoms with Crippen molar-refractivity contribution in [2.45, 2.75) is 52.3 Å². The molecule has 0 radical (unpaired) electrons. The molecule has 110 valence electrons. The Hall–Kier alpha value is -1.30. The van der Waals surface area contributed by atoms with E-state index in [9.17, 15) is 9.59 Å². The molecule has 1 heterocycles. The van der Waals surface area contributed by atoms with Crippen molar-refractivity contribution in [1.29, 1.82) is 0 Å². The molecule has 1 aliphatic rings. The molecule has 0 spiro atoms. The van der Waals surface area contributed by atoms with Crippen molar-refractivity contribution in [3.8, 4) is 0 Å². The average molecular weight is 271 g/mol. The van der Waals surface area contributed by atoms with Gasteiger partial charge in [0.1, 0.15) is 5.60 Å². The van der Waals surface area contributed by atoms with Crippen LogP contribution in [0, 0.1) is 0 Å². The highest BCUT2D eigenvalue weighted by Gasteiger charge is 2.34. The lowest BCUT2D eigenvalue weighted by atomic mass is 10.1. The third-order valence-electron chi connectivity index (χ3n) is 2.76. The Morgan fingerprint density at radius 2 is 1.95 bits per heavy atom. The second-order valence-corrected chi connectivity index (χ2v) is 5.87. The van der Waals surface area contributed by atoms with Crippen LogP contribution in [0.15, 0.2) is 0 Å². The van der Waals surface area contributed by atoms with Crippen LogP contribution < -0.4 is 10.6 Å². The van der Waals surface area contributed by atoms with Crippen LogP contribution in [0.4, 0.5) is 4.79 Å². The van der Waals surface area contributed by atoms with Gasteiger partial charge in [0.25, 0.3) is 0 Å². The van der Waals surface area contributed by atoms with Gasteiger partial charge in [-0.3, -0.25) is 10.1 Å². The van der Waals surface area contributed by atoms with Crippen molar-refractivity contribution in [3.05, 3.63) is 0 Å². The lowest BCUT2D eigenvalue weighted by Gasteiger charge is -2.41. The fraction of sp³-hybridized carbons (Fsp3) is 0.846. The number of hydrogen-bond acceptors (Lipinski definition) is 4. The highest BCUT2D eigenvalue weighted by molar-refractivity contribution is 5.81. The molecule has 1 aliphatic heterocycles. The minimum Gasteiger partial charge on any atom is -0.444 e. The second kappa shape index (κ2) is 6.23. The van der Waals surface area contributed by atoms with Gasteiger partial charge in [-0.25, -0.2) is 4.79 Å². The minimum atomic E-state index is -0.468. The third kappa shape index (κ3) is 5.06. The van der Waals surface area contributed by atoms with Gasteiger partial charge in [0.2, 0.25) is 5.91 Å². The van der Waals surface area contributed by atoms with E-state index in [4.69, 9.17) is 4.74 Å². The van der Waals surface area contributed by atoms with E-state index in [1.807, 2.05) is 34.6 Å². The molecule has 2 N–H and O–H groups in total. The van der Waals surface area contributed by atoms with Gasteiger partial charge in [-0.1, -0.05) is 0 Å². The Bertz CT molecular complexity index is 333. The SMILES string of the molecule is CCNC(=O)C(C)NC1CN(C(=O)OC(C)(C)C)C1. The number of likely N-dealkylation sites (N-methyl/N-ethyl adjacent to an activating group) is 1. The quantitative estimate of drug-likeness (QED) is 0.790. The molecule has 6 heteroatoms. The van der Waals surface area contributed by atoms with Crippen LogP contribution in [0.1, 0.15) is 34.6 Å². The fourth-order valence-corrected chi connectivity index (χ4v) is 1.82. The predicted octanol–water partition coefficient (Wildman–Crippen LogP) is 0.720. The summed E-state index contributed by atoms with van der Waals surface area (Å²) in [5.74, 6) is -0.0155. The third-order valence-corrected chi connectivity index (χ3v) is 2.76. The molecule has 1 atom stereocenters. The summed E-state index contributed by atoms with van der Waals surface area (Å²) < 4.78 is 5.26. The molecule has 1 unspecified atom stereocenters. The number of nitrogens with zero attached hydrogens (tertiary/aromatic N) is 1. The van der Waals surface area contributed by atoms with Gasteiger partial charge < -0.3 is 15.0 Å². The van der Waals surface area contributed by atoms with E-state index in [1.165, 1.54) is 0 Å². The van der Waals surface area contributed by atoms with Crippen molar-refractivity contribution < 1.29 is 14.3 Å². The summed E-state index contributed by atoms with van der Waals surface area (Å²) in [4.78, 5) is 24.9. The molecule has 1 saturated heterocycles. The number of hydrogen-bond donors (Lipinski definition) is 2. The van der Waals surface area contributed by atoms with Crippen LogP contribution in [0.2, 0.25) is 0 Å². The number of rotatable bonds is 4. The first kappa shape index (κ1) is 15.8. The van der Waals surface area contributed by atoms with E-state index < -0.39 is 5.60 Å². The van der Waals surface area contributed by atoms with Crippen LogP contribution in [0.25, 0.3) is 0 Å². The maximum atomic E-state index is 11.7. The molecule has 0 saturated carbocycles. The number of carbonyl (C=O) groups is 2. The van der Waals surface area contributed by atoms with E-state index in [0.29, 0.717) is 19.6 Å². The van der Waals surface area contributed by atoms with Crippen molar-refractivity contribution in [3.63, 3.8) is 0 Å². The van der Waals surface area contributed by atoms with E-state index in [2.05, 4.69) is 10.6 Å². The number of likely N-dealkylation sites (tertiary alicyclic amines) is 1. The summed E-state index contributed by atoms with van der Waals surface area (Å²) >= 11 is 0. The first-order valence-corrected chi connectivity index (χ1v) is 6.74. The molecule has 1 fully saturated rings. The second-order valence-electron chi connectivity index (χ2n) is 5.87. The monoisotopic (exact) mass is 271 g/mol. The molecule has 6 nitrogen and oxygen atoms in total. The van der Waals surface area contributed by atoms with Gasteiger partial charge >= 0.3 is 6.09 Å². The fourth-order valence-electron chi connectivity index (χ4n) is 1.82. The molecule has 0 bridgehead atoms. The largest absolute Gasteiger partial charge is 0.444 e. The molecule has 2 amide bonds. The standard InChI is InChI=1S/C13H25N3O3/c1-6-14-11(17)9(2)15-10-7-16(8-10)12(18)19-13(3,4)5/h9-10,15H,6-8H2,1-5H3,(H,14,17). The molecule has 1 rings (SSSR count). The van der Waals surface area contributed by atoms with Crippen LogP contribution in [0.3, 0.4) is 0 Å². The maximum Gasteiger partial charge on any atom is 0.410 e. The summed E-state index contributed by atoms with van der Waals surface area (Å²) in [6, 6.07) is -0.0872. The zero-order valence-electron chi connectivity index (χ0n) is 12.4. The summed E-state index contributed by atoms with van der Waals surface area (Å²) in [5, 5.41) is 5.94. The van der Waals surface area contributed by atoms with Crippen molar-refractivity contribution >= 4 is 12.0 Å². The summed E-state index contributed by atoms with van der Waals surface area (Å²) in [7, 11) is 0. The average Bonchev–Trinajstić information content (AvgIpc) is 2.19. The minimum absolute atomic E-state index is 0.0155. The molecule has 0 aromatic rings. The Kier molecular flexibility index (Phi) is 5.17. The van der Waals surface area contributed by atoms with Crippen LogP contribution >= 0.6 is 0 Å². The Labute approximate surface area is 114 Å². The maximum absolute atomic E-state index is 11.7. The highest BCUT2D eigenvalue weighted by Crippen LogP contribution is 2.15. The van der Waals surface area contributed by atoms with E-state index >= 15 is 0 Å². The summed E-state index contributed by atoms with van der Waals surface area (Å²) in [5.41, 5.74) is -0.468. The van der Waals surface area contributed by atoms with Gasteiger partial charge in [0.15, 0.2) is 0 Å². The topological polar surface area (TPSA) is 70.7 Å². The first-order chi connectivity index (χ1) is 8.73. The zero-order chi connectivity index (χ0) is 14.6. The highest BCUT2D eigenvalue weighted by atomic mass is 16.6. The van der Waals surface area contributed by atoms with Crippen LogP contribution in [0.5, 0.6) is 0 Å². The smallest absolute Gasteiger partial charge is 0.410 e. The normalized spacial score (nSPS) is 17.6. The van der Waals surface area contributed by atoms with Gasteiger partial charge in [0, 0.05) is 25.7 Å². The predicted molar refractivity (Wildman–Crippen MR) is 72.9 cm³/mol. The van der Waals surface area contributed by atoms with Gasteiger partial charge in [-0.05, 0) is 34.6 Å². The van der Waals surface area contributed by atoms with Crippen molar-refractivity contribution in [2.24, 2.45) is 0 Å². The van der Waals surface area contributed by atoms with Crippen molar-refractivity contribution in [1.82, 2.24) is 15.5 Å². The molecular weight excluding hydrogens is 246 g/mol. The first-order valence-electron chi connectivity index (χ1n) is 6.74. The Morgan fingerprint density at radius 1 is 1.37 bits per heavy atom. The molecule has 0 aliphatic carbocycles. The van der Waals surface area contributed by atoms with E-state index in [-0.39, 0.29) is 24.1 Å². The van der Waals surface area contributed by atoms with Crippen LogP contribution in [-0.2, 0) is 9.53 Å². The molecular formula is C13H25N3O3. The molecule has 0 aromatic carbocycles. The number of amides is 2. The molecule has 19 heavy (non-hydrogen) atoms. The van der Waals surface area contributed by atoms with Crippen molar-refractivity contribution in [2.75, 3.05) is 19.6 Å². The lowest BCUT2D eigenvalue weighted by molar-refractivity contribution is -0.123. The Morgan fingerprint density at radius 3 is 2.42 bits per heavy atom. The van der Waals surface area contributed by atoms with Crippen LogP contribution in [-0.4, -0.2) is 54.2 Å². The number of nitrogens with one attached hydrogen (secondary N) is 2. The number of ether oxygens (including phenoxy) is 1. The zero-order valence-corrected chi connectivity index (χ0v) is 12.4. The number of carbonyl (C=O) groups excluding carboxylic acids is 2. The van der Waals surface area contributed by atoms with Gasteiger partial charge in [-0.2, -0.15) is 0 Å². The Balaban J connectivity index is 2.27. The van der Waals surface area contributed by atoms with Gasteiger partial charge in [-0.15, -0.1) is 0 Å².